The van der Waals surface area contributed by atoms with Crippen LogP contribution in [0.3, 0.4) is 0 Å². The van der Waals surface area contributed by atoms with E-state index in [-0.39, 0.29) is 6.42 Å². The van der Waals surface area contributed by atoms with Gasteiger partial charge in [0.05, 0.1) is 6.42 Å². The molecule has 120 valence electrons. The molecule has 2 atom stereocenters. The minimum atomic E-state index is -1.42. The first kappa shape index (κ1) is 16.5. The summed E-state index contributed by atoms with van der Waals surface area (Å²) >= 11 is 0. The van der Waals surface area contributed by atoms with Crippen molar-refractivity contribution >= 4 is 17.6 Å². The van der Waals surface area contributed by atoms with Gasteiger partial charge in [0.2, 0.25) is 5.91 Å². The van der Waals surface area contributed by atoms with Gasteiger partial charge in [-0.3, -0.25) is 4.79 Å². The van der Waals surface area contributed by atoms with Crippen LogP contribution in [-0.2, 0) is 16.0 Å². The van der Waals surface area contributed by atoms with Crippen molar-refractivity contribution in [3.05, 3.63) is 65.7 Å². The number of amides is 1. The quantitative estimate of drug-likeness (QED) is 0.597. The fourth-order valence-corrected chi connectivity index (χ4v) is 2.16. The third-order valence-electron chi connectivity index (χ3n) is 3.38. The fraction of sp³-hybridized carbons (Fsp3) is 0.176. The first-order chi connectivity index (χ1) is 11.0. The normalized spacial score (nSPS) is 13.1. The lowest BCUT2D eigenvalue weighted by atomic mass is 10.0. The smallest absolute Gasteiger partial charge is 0.329 e. The van der Waals surface area contributed by atoms with E-state index in [2.05, 4.69) is 5.32 Å². The summed E-state index contributed by atoms with van der Waals surface area (Å²) in [5.74, 6) is -1.79. The molecule has 2 rings (SSSR count). The van der Waals surface area contributed by atoms with Gasteiger partial charge in [0.15, 0.2) is 6.04 Å². The van der Waals surface area contributed by atoms with E-state index in [1.54, 1.807) is 54.6 Å². The number of aliphatic hydroxyl groups is 1. The summed E-state index contributed by atoms with van der Waals surface area (Å²) in [5, 5.41) is 21.8. The van der Waals surface area contributed by atoms with Crippen molar-refractivity contribution in [2.75, 3.05) is 5.73 Å². The van der Waals surface area contributed by atoms with Crippen LogP contribution in [0.25, 0.3) is 0 Å². The van der Waals surface area contributed by atoms with Crippen LogP contribution < -0.4 is 11.1 Å². The Morgan fingerprint density at radius 1 is 1.04 bits per heavy atom. The van der Waals surface area contributed by atoms with Gasteiger partial charge >= 0.3 is 5.97 Å². The molecule has 0 aliphatic carbocycles. The first-order valence-corrected chi connectivity index (χ1v) is 7.07. The topological polar surface area (TPSA) is 113 Å². The second kappa shape index (κ2) is 7.42. The number of carboxylic acid groups (broad SMARTS) is 1. The number of nitrogen functional groups attached to an aromatic ring is 1. The summed E-state index contributed by atoms with van der Waals surface area (Å²) in [4.78, 5) is 23.4. The molecule has 23 heavy (non-hydrogen) atoms. The van der Waals surface area contributed by atoms with Crippen LogP contribution in [0, 0.1) is 0 Å². The molecule has 0 aromatic heterocycles. The monoisotopic (exact) mass is 314 g/mol. The van der Waals surface area contributed by atoms with Gasteiger partial charge in [-0.15, -0.1) is 0 Å². The number of benzene rings is 2. The van der Waals surface area contributed by atoms with Crippen LogP contribution in [-0.4, -0.2) is 28.1 Å². The molecule has 0 heterocycles. The van der Waals surface area contributed by atoms with Gasteiger partial charge in [0, 0.05) is 5.69 Å². The summed E-state index contributed by atoms with van der Waals surface area (Å²) in [6, 6.07) is 13.6. The van der Waals surface area contributed by atoms with Gasteiger partial charge in [-0.2, -0.15) is 0 Å². The Morgan fingerprint density at radius 3 is 2.22 bits per heavy atom. The lowest BCUT2D eigenvalue weighted by molar-refractivity contribution is -0.145. The lowest BCUT2D eigenvalue weighted by Gasteiger charge is -2.20. The highest BCUT2D eigenvalue weighted by molar-refractivity contribution is 5.85. The molecule has 0 aliphatic heterocycles. The Bertz CT molecular complexity index is 671. The van der Waals surface area contributed by atoms with Crippen molar-refractivity contribution in [3.8, 4) is 0 Å². The van der Waals surface area contributed by atoms with Crippen molar-refractivity contribution < 1.29 is 19.8 Å². The van der Waals surface area contributed by atoms with E-state index in [1.807, 2.05) is 0 Å². The SMILES string of the molecule is Nc1ccc(CC(=O)N[C@@H](C(=O)O)[C@@H](O)c2ccccc2)cc1. The average Bonchev–Trinajstić information content (AvgIpc) is 2.55. The number of rotatable bonds is 6. The average molecular weight is 314 g/mol. The molecular weight excluding hydrogens is 296 g/mol. The third-order valence-corrected chi connectivity index (χ3v) is 3.38. The minimum Gasteiger partial charge on any atom is -0.480 e. The number of carboxylic acids is 1. The van der Waals surface area contributed by atoms with Crippen LogP contribution in [0.15, 0.2) is 54.6 Å². The van der Waals surface area contributed by atoms with Crippen LogP contribution in [0.5, 0.6) is 0 Å². The maximum atomic E-state index is 12.0. The van der Waals surface area contributed by atoms with E-state index < -0.39 is 24.0 Å². The number of nitrogens with two attached hydrogens (primary N) is 1. The molecule has 6 nitrogen and oxygen atoms in total. The molecule has 0 unspecified atom stereocenters. The number of aliphatic carboxylic acids is 1. The van der Waals surface area contributed by atoms with E-state index >= 15 is 0 Å². The van der Waals surface area contributed by atoms with Gasteiger partial charge in [-0.05, 0) is 23.3 Å². The number of carbonyl (C=O) groups excluding carboxylic acids is 1. The molecule has 0 bridgehead atoms. The number of hydrogen-bond acceptors (Lipinski definition) is 4. The zero-order chi connectivity index (χ0) is 16.8. The summed E-state index contributed by atoms with van der Waals surface area (Å²) < 4.78 is 0. The van der Waals surface area contributed by atoms with Crippen molar-refractivity contribution in [2.24, 2.45) is 0 Å². The third kappa shape index (κ3) is 4.55. The van der Waals surface area contributed by atoms with Gasteiger partial charge in [0.1, 0.15) is 6.10 Å². The second-order valence-corrected chi connectivity index (χ2v) is 5.16. The van der Waals surface area contributed by atoms with Crippen LogP contribution in [0.4, 0.5) is 5.69 Å². The largest absolute Gasteiger partial charge is 0.480 e. The second-order valence-electron chi connectivity index (χ2n) is 5.16. The Labute approximate surface area is 133 Å². The summed E-state index contributed by atoms with van der Waals surface area (Å²) in [6.07, 6.45) is -1.32. The predicted octanol–water partition coefficient (Wildman–Crippen LogP) is 1.11. The molecule has 2 aromatic carbocycles. The molecule has 0 saturated carbocycles. The Kier molecular flexibility index (Phi) is 5.32. The minimum absolute atomic E-state index is 0.00553. The van der Waals surface area contributed by atoms with Gasteiger partial charge in [0.25, 0.3) is 0 Å². The lowest BCUT2D eigenvalue weighted by Crippen LogP contribution is -2.45. The number of hydrogen-bond donors (Lipinski definition) is 4. The molecule has 0 spiro atoms. The Balaban J connectivity index is 2.05. The number of anilines is 1. The fourth-order valence-electron chi connectivity index (χ4n) is 2.16. The van der Waals surface area contributed by atoms with Gasteiger partial charge in [-0.1, -0.05) is 42.5 Å². The molecule has 0 saturated heterocycles. The van der Waals surface area contributed by atoms with Gasteiger partial charge in [-0.25, -0.2) is 4.79 Å². The Hall–Kier alpha value is -2.86. The molecule has 1 amide bonds. The molecule has 6 heteroatoms. The van der Waals surface area contributed by atoms with E-state index in [0.717, 1.165) is 0 Å². The van der Waals surface area contributed by atoms with E-state index in [4.69, 9.17) is 5.73 Å². The molecule has 0 radical (unpaired) electrons. The van der Waals surface area contributed by atoms with Gasteiger partial charge < -0.3 is 21.3 Å². The zero-order valence-electron chi connectivity index (χ0n) is 12.3. The molecule has 0 fully saturated rings. The highest BCUT2D eigenvalue weighted by Crippen LogP contribution is 2.17. The van der Waals surface area contributed by atoms with Crippen molar-refractivity contribution in [2.45, 2.75) is 18.6 Å². The van der Waals surface area contributed by atoms with E-state index in [9.17, 15) is 19.8 Å². The first-order valence-electron chi connectivity index (χ1n) is 7.07. The van der Waals surface area contributed by atoms with Crippen molar-refractivity contribution in [1.29, 1.82) is 0 Å². The number of nitrogens with one attached hydrogen (secondary N) is 1. The van der Waals surface area contributed by atoms with Crippen LogP contribution >= 0.6 is 0 Å². The maximum absolute atomic E-state index is 12.0. The number of carbonyl (C=O) groups is 2. The standard InChI is InChI=1S/C17H18N2O4/c18-13-8-6-11(7-9-13)10-14(20)19-15(17(22)23)16(21)12-4-2-1-3-5-12/h1-9,15-16,21H,10,18H2,(H,19,20)(H,22,23)/t15-,16+/m1/s1. The van der Waals surface area contributed by atoms with Crippen molar-refractivity contribution in [1.82, 2.24) is 5.32 Å². The number of aliphatic hydroxyl groups excluding tert-OH is 1. The van der Waals surface area contributed by atoms with Crippen molar-refractivity contribution in [3.63, 3.8) is 0 Å². The molecule has 5 N–H and O–H groups in total. The zero-order valence-corrected chi connectivity index (χ0v) is 12.3. The van der Waals surface area contributed by atoms with Crippen LogP contribution in [0.1, 0.15) is 17.2 Å². The molecule has 0 aliphatic rings. The highest BCUT2D eigenvalue weighted by atomic mass is 16.4. The summed E-state index contributed by atoms with van der Waals surface area (Å²) in [5.41, 5.74) is 7.28. The summed E-state index contributed by atoms with van der Waals surface area (Å²) in [6.45, 7) is 0. The molecular formula is C17H18N2O4. The maximum Gasteiger partial charge on any atom is 0.329 e. The van der Waals surface area contributed by atoms with E-state index in [1.165, 1.54) is 0 Å². The molecule has 2 aromatic rings. The Morgan fingerprint density at radius 2 is 1.65 bits per heavy atom. The highest BCUT2D eigenvalue weighted by Gasteiger charge is 2.29. The van der Waals surface area contributed by atoms with E-state index in [0.29, 0.717) is 16.8 Å². The van der Waals surface area contributed by atoms with Crippen LogP contribution in [0.2, 0.25) is 0 Å². The summed E-state index contributed by atoms with van der Waals surface area (Å²) in [7, 11) is 0. The predicted molar refractivity (Wildman–Crippen MR) is 85.5 cm³/mol.